The fourth-order valence-electron chi connectivity index (χ4n) is 4.01. The number of nitrogens with zero attached hydrogens (tertiary/aromatic N) is 3. The molecule has 0 saturated carbocycles. The molecule has 3 aromatic rings. The molecule has 4 rings (SSSR count). The van der Waals surface area contributed by atoms with Gasteiger partial charge in [-0.3, -0.25) is 14.4 Å². The van der Waals surface area contributed by atoms with E-state index in [1.165, 1.54) is 16.5 Å². The number of likely N-dealkylation sites (N-methyl/N-ethyl adjacent to an activating group) is 1. The number of carbonyl (C=O) groups excluding carboxylic acids is 1. The van der Waals surface area contributed by atoms with Gasteiger partial charge in [-0.1, -0.05) is 12.1 Å². The second kappa shape index (κ2) is 7.08. The maximum absolute atomic E-state index is 12.7. The van der Waals surface area contributed by atoms with Crippen LogP contribution in [0.3, 0.4) is 0 Å². The van der Waals surface area contributed by atoms with Gasteiger partial charge < -0.3 is 15.6 Å². The molecule has 7 heteroatoms. The average Bonchev–Trinajstić information content (AvgIpc) is 3.32. The zero-order valence-corrected chi connectivity index (χ0v) is 15.8. The topological polar surface area (TPSA) is 78.0 Å². The van der Waals surface area contributed by atoms with E-state index in [2.05, 4.69) is 49.9 Å². The van der Waals surface area contributed by atoms with Gasteiger partial charge in [0.15, 0.2) is 0 Å². The number of likely N-dealkylation sites (tertiary alicyclic amines) is 1. The molecule has 1 aliphatic rings. The highest BCUT2D eigenvalue weighted by Gasteiger charge is 2.41. The molecule has 3 N–H and O–H groups in total. The summed E-state index contributed by atoms with van der Waals surface area (Å²) in [6, 6.07) is 10.4. The molecule has 1 aromatic carbocycles. The number of carbonyl (C=O) groups is 1. The minimum Gasteiger partial charge on any atom is -0.361 e. The first kappa shape index (κ1) is 17.6. The summed E-state index contributed by atoms with van der Waals surface area (Å²) in [5.74, 6) is 0.903. The maximum atomic E-state index is 12.7. The van der Waals surface area contributed by atoms with E-state index in [1.807, 2.05) is 19.3 Å². The van der Waals surface area contributed by atoms with Gasteiger partial charge >= 0.3 is 0 Å². The van der Waals surface area contributed by atoms with Crippen molar-refractivity contribution in [1.82, 2.24) is 25.0 Å². The molecule has 7 nitrogen and oxygen atoms in total. The number of anilines is 1. The van der Waals surface area contributed by atoms with Gasteiger partial charge in [0.25, 0.3) is 0 Å². The van der Waals surface area contributed by atoms with E-state index < -0.39 is 5.54 Å². The minimum absolute atomic E-state index is 0.0380. The van der Waals surface area contributed by atoms with Gasteiger partial charge in [-0.25, -0.2) is 0 Å². The fraction of sp³-hybridized carbons (Fsp3) is 0.400. The van der Waals surface area contributed by atoms with Crippen molar-refractivity contribution in [3.8, 4) is 0 Å². The molecule has 1 aliphatic heterocycles. The molecule has 2 aromatic heterocycles. The second-order valence-electron chi connectivity index (χ2n) is 7.26. The largest absolute Gasteiger partial charge is 0.361 e. The lowest BCUT2D eigenvalue weighted by Crippen LogP contribution is -2.57. The van der Waals surface area contributed by atoms with Gasteiger partial charge in [0, 0.05) is 56.9 Å². The highest BCUT2D eigenvalue weighted by Crippen LogP contribution is 2.29. The van der Waals surface area contributed by atoms with Crippen LogP contribution >= 0.6 is 0 Å². The SMILES string of the molecule is CNC(=O)C1(Nc2ccnn2C)CCN(Cc2cccc3[nH]ccc23)CC1. The number of hydrogen-bond acceptors (Lipinski definition) is 4. The van der Waals surface area contributed by atoms with Crippen LogP contribution in [0.15, 0.2) is 42.7 Å². The highest BCUT2D eigenvalue weighted by atomic mass is 16.2. The molecule has 142 valence electrons. The average molecular weight is 366 g/mol. The Bertz CT molecular complexity index is 935. The molecule has 3 heterocycles. The van der Waals surface area contributed by atoms with E-state index in [4.69, 9.17) is 0 Å². The standard InChI is InChI=1S/C20H26N6O/c1-21-19(27)20(24-18-7-11-23-25(18)2)8-12-26(13-9-20)14-15-4-3-5-17-16(15)6-10-22-17/h3-7,10-11,22,24H,8-9,12-14H2,1-2H3,(H,21,27). The first-order chi connectivity index (χ1) is 13.1. The molecule has 0 radical (unpaired) electrons. The van der Waals surface area contributed by atoms with Crippen molar-refractivity contribution < 1.29 is 4.79 Å². The van der Waals surface area contributed by atoms with Crippen LogP contribution in [0.25, 0.3) is 10.9 Å². The third-order valence-corrected chi connectivity index (χ3v) is 5.64. The summed E-state index contributed by atoms with van der Waals surface area (Å²) in [7, 11) is 3.58. The van der Waals surface area contributed by atoms with Crippen molar-refractivity contribution in [2.75, 3.05) is 25.5 Å². The first-order valence-electron chi connectivity index (χ1n) is 9.37. The van der Waals surface area contributed by atoms with E-state index >= 15 is 0 Å². The van der Waals surface area contributed by atoms with Crippen LogP contribution in [0.5, 0.6) is 0 Å². The third-order valence-electron chi connectivity index (χ3n) is 5.64. The van der Waals surface area contributed by atoms with Crippen LogP contribution < -0.4 is 10.6 Å². The lowest BCUT2D eigenvalue weighted by molar-refractivity contribution is -0.126. The zero-order valence-electron chi connectivity index (χ0n) is 15.8. The quantitative estimate of drug-likeness (QED) is 0.646. The van der Waals surface area contributed by atoms with Gasteiger partial charge in [-0.2, -0.15) is 5.10 Å². The Labute approximate surface area is 158 Å². The molecule has 1 amide bonds. The predicted molar refractivity (Wildman–Crippen MR) is 106 cm³/mol. The smallest absolute Gasteiger partial charge is 0.245 e. The van der Waals surface area contributed by atoms with Crippen molar-refractivity contribution in [1.29, 1.82) is 0 Å². The Balaban J connectivity index is 1.49. The van der Waals surface area contributed by atoms with Gasteiger partial charge in [-0.05, 0) is 30.5 Å². The molecule has 0 spiro atoms. The second-order valence-corrected chi connectivity index (χ2v) is 7.26. The summed E-state index contributed by atoms with van der Waals surface area (Å²) < 4.78 is 1.77. The number of amides is 1. The number of aryl methyl sites for hydroxylation is 1. The Kier molecular flexibility index (Phi) is 4.61. The number of nitrogens with one attached hydrogen (secondary N) is 3. The van der Waals surface area contributed by atoms with E-state index in [0.29, 0.717) is 0 Å². The molecule has 0 atom stereocenters. The van der Waals surface area contributed by atoms with E-state index in [0.717, 1.165) is 38.3 Å². The van der Waals surface area contributed by atoms with Crippen LogP contribution in [-0.2, 0) is 18.4 Å². The fourth-order valence-corrected chi connectivity index (χ4v) is 4.01. The Morgan fingerprint density at radius 2 is 2.07 bits per heavy atom. The van der Waals surface area contributed by atoms with Crippen molar-refractivity contribution >= 4 is 22.6 Å². The van der Waals surface area contributed by atoms with Gasteiger partial charge in [-0.15, -0.1) is 0 Å². The Hall–Kier alpha value is -2.80. The third kappa shape index (κ3) is 3.30. The van der Waals surface area contributed by atoms with Crippen LogP contribution in [0.1, 0.15) is 18.4 Å². The number of H-pyrrole nitrogens is 1. The monoisotopic (exact) mass is 366 g/mol. The Morgan fingerprint density at radius 3 is 2.78 bits per heavy atom. The van der Waals surface area contributed by atoms with Crippen LogP contribution in [0.4, 0.5) is 5.82 Å². The summed E-state index contributed by atoms with van der Waals surface area (Å²) in [5.41, 5.74) is 1.89. The molecule has 0 bridgehead atoms. The van der Waals surface area contributed by atoms with E-state index in [1.54, 1.807) is 17.9 Å². The van der Waals surface area contributed by atoms with Crippen LogP contribution in [0.2, 0.25) is 0 Å². The number of aromatic amines is 1. The number of benzene rings is 1. The zero-order chi connectivity index (χ0) is 18.9. The minimum atomic E-state index is -0.598. The van der Waals surface area contributed by atoms with Gasteiger partial charge in [0.05, 0.1) is 6.20 Å². The number of piperidine rings is 1. The van der Waals surface area contributed by atoms with Crippen LogP contribution in [0, 0.1) is 0 Å². The molecule has 1 saturated heterocycles. The van der Waals surface area contributed by atoms with Crippen LogP contribution in [-0.4, -0.2) is 51.2 Å². The van der Waals surface area contributed by atoms with Gasteiger partial charge in [0.2, 0.25) is 5.91 Å². The molecular weight excluding hydrogens is 340 g/mol. The summed E-state index contributed by atoms with van der Waals surface area (Å²) in [5, 5.41) is 11.8. The number of hydrogen-bond donors (Lipinski definition) is 3. The molecule has 27 heavy (non-hydrogen) atoms. The summed E-state index contributed by atoms with van der Waals surface area (Å²) in [6.45, 7) is 2.61. The lowest BCUT2D eigenvalue weighted by Gasteiger charge is -2.41. The molecule has 0 unspecified atom stereocenters. The number of rotatable bonds is 5. The predicted octanol–water partition coefficient (Wildman–Crippen LogP) is 2.09. The normalized spacial score (nSPS) is 17.1. The highest BCUT2D eigenvalue weighted by molar-refractivity contribution is 5.89. The summed E-state index contributed by atoms with van der Waals surface area (Å²) in [6.07, 6.45) is 5.23. The molecular formula is C20H26N6O. The van der Waals surface area contributed by atoms with Crippen molar-refractivity contribution in [2.24, 2.45) is 7.05 Å². The van der Waals surface area contributed by atoms with Crippen molar-refractivity contribution in [3.63, 3.8) is 0 Å². The summed E-state index contributed by atoms with van der Waals surface area (Å²) >= 11 is 0. The summed E-state index contributed by atoms with van der Waals surface area (Å²) in [4.78, 5) is 18.4. The van der Waals surface area contributed by atoms with Gasteiger partial charge in [0.1, 0.15) is 11.4 Å². The van der Waals surface area contributed by atoms with E-state index in [9.17, 15) is 4.79 Å². The number of fused-ring (bicyclic) bond motifs is 1. The Morgan fingerprint density at radius 1 is 1.26 bits per heavy atom. The molecule has 1 fully saturated rings. The first-order valence-corrected chi connectivity index (χ1v) is 9.37. The number of aromatic nitrogens is 3. The van der Waals surface area contributed by atoms with Crippen molar-refractivity contribution in [3.05, 3.63) is 48.3 Å². The van der Waals surface area contributed by atoms with E-state index in [-0.39, 0.29) is 5.91 Å². The lowest BCUT2D eigenvalue weighted by atomic mass is 9.86. The molecule has 0 aliphatic carbocycles. The maximum Gasteiger partial charge on any atom is 0.245 e. The van der Waals surface area contributed by atoms with Crippen molar-refractivity contribution in [2.45, 2.75) is 24.9 Å².